The summed E-state index contributed by atoms with van der Waals surface area (Å²) >= 11 is 0. The van der Waals surface area contributed by atoms with Crippen molar-refractivity contribution in [2.75, 3.05) is 0 Å². The summed E-state index contributed by atoms with van der Waals surface area (Å²) in [4.78, 5) is 11.1. The van der Waals surface area contributed by atoms with Crippen molar-refractivity contribution in [1.82, 2.24) is 0 Å². The molecule has 0 aromatic carbocycles. The first-order chi connectivity index (χ1) is 8.33. The molecule has 0 aromatic heterocycles. The molecule has 0 unspecified atom stereocenters. The second kappa shape index (κ2) is 8.57. The molecule has 0 aliphatic heterocycles. The van der Waals surface area contributed by atoms with Crippen LogP contribution in [0.25, 0.3) is 0 Å². The van der Waals surface area contributed by atoms with Crippen molar-refractivity contribution in [1.29, 1.82) is 0 Å². The van der Waals surface area contributed by atoms with E-state index in [4.69, 9.17) is 4.74 Å². The molecule has 2 nitrogen and oxygen atoms in total. The molecule has 0 heterocycles. The molecule has 0 amide bonds. The lowest BCUT2D eigenvalue weighted by atomic mass is 10.1. The van der Waals surface area contributed by atoms with Gasteiger partial charge in [-0.15, -0.1) is 0 Å². The van der Waals surface area contributed by atoms with Gasteiger partial charge >= 0.3 is 5.97 Å². The summed E-state index contributed by atoms with van der Waals surface area (Å²) in [6.45, 7) is 3.40. The van der Waals surface area contributed by atoms with E-state index in [0.29, 0.717) is 0 Å². The van der Waals surface area contributed by atoms with E-state index >= 15 is 0 Å². The number of hydrogen-bond donors (Lipinski definition) is 0. The summed E-state index contributed by atoms with van der Waals surface area (Å²) in [7, 11) is 0. The average molecular weight is 232 g/mol. The molecule has 92 valence electrons. The summed E-state index contributed by atoms with van der Waals surface area (Å²) in [5, 5.41) is 0. The number of carbonyl (C=O) groups is 1. The summed E-state index contributed by atoms with van der Waals surface area (Å²) < 4.78 is 5.17. The van der Waals surface area contributed by atoms with Gasteiger partial charge < -0.3 is 4.74 Å². The number of ether oxygens (including phenoxy) is 1. The van der Waals surface area contributed by atoms with E-state index < -0.39 is 0 Å². The van der Waals surface area contributed by atoms with Crippen LogP contribution in [0.1, 0.15) is 38.5 Å². The summed E-state index contributed by atoms with van der Waals surface area (Å²) in [6.07, 6.45) is 17.8. The molecule has 0 N–H and O–H groups in total. The molecule has 0 spiro atoms. The van der Waals surface area contributed by atoms with Crippen LogP contribution in [0, 0.1) is 0 Å². The Morgan fingerprint density at radius 2 is 2.00 bits per heavy atom. The number of esters is 1. The van der Waals surface area contributed by atoms with E-state index in [0.717, 1.165) is 25.0 Å². The van der Waals surface area contributed by atoms with Crippen LogP contribution in [-0.4, -0.2) is 5.97 Å². The van der Waals surface area contributed by atoms with E-state index in [1.807, 2.05) is 24.3 Å². The van der Waals surface area contributed by atoms with Gasteiger partial charge in [-0.3, -0.25) is 0 Å². The molecule has 1 rings (SSSR count). The maximum atomic E-state index is 11.1. The fourth-order valence-corrected chi connectivity index (χ4v) is 1.66. The van der Waals surface area contributed by atoms with Gasteiger partial charge in [-0.1, -0.05) is 43.7 Å². The predicted molar refractivity (Wildman–Crippen MR) is 70.4 cm³/mol. The number of rotatable bonds is 2. The first-order valence-corrected chi connectivity index (χ1v) is 6.19. The highest BCUT2D eigenvalue weighted by molar-refractivity contribution is 5.82. The third-order valence-corrected chi connectivity index (χ3v) is 2.58. The van der Waals surface area contributed by atoms with Crippen LogP contribution < -0.4 is 0 Å². The van der Waals surface area contributed by atoms with Crippen molar-refractivity contribution >= 4 is 5.97 Å². The lowest BCUT2D eigenvalue weighted by molar-refractivity contribution is -0.134. The monoisotopic (exact) mass is 232 g/mol. The minimum absolute atomic E-state index is 0.382. The molecule has 0 radical (unpaired) electrons. The van der Waals surface area contributed by atoms with Crippen LogP contribution in [0.4, 0.5) is 0 Å². The summed E-state index contributed by atoms with van der Waals surface area (Å²) in [5.74, 6) is 0.340. The minimum atomic E-state index is -0.382. The Morgan fingerprint density at radius 1 is 1.18 bits per heavy atom. The van der Waals surface area contributed by atoms with Gasteiger partial charge in [0.2, 0.25) is 0 Å². The van der Waals surface area contributed by atoms with Crippen molar-refractivity contribution < 1.29 is 9.53 Å². The number of allylic oxidation sites excluding steroid dienone is 6. The topological polar surface area (TPSA) is 26.3 Å². The van der Waals surface area contributed by atoms with Gasteiger partial charge in [0.05, 0.1) is 0 Å². The molecule has 2 heteroatoms. The fourth-order valence-electron chi connectivity index (χ4n) is 1.66. The highest BCUT2D eigenvalue weighted by Gasteiger charge is 2.02. The van der Waals surface area contributed by atoms with Crippen LogP contribution in [0.15, 0.2) is 48.8 Å². The molecule has 0 saturated heterocycles. The fraction of sp³-hybridized carbons (Fsp3) is 0.400. The number of carbonyl (C=O) groups excluding carboxylic acids is 1. The van der Waals surface area contributed by atoms with E-state index in [2.05, 4.69) is 12.7 Å². The predicted octanol–water partition coefficient (Wildman–Crippen LogP) is 4.07. The maximum absolute atomic E-state index is 11.1. The van der Waals surface area contributed by atoms with Crippen molar-refractivity contribution in [2.24, 2.45) is 0 Å². The molecule has 0 aromatic rings. The third kappa shape index (κ3) is 6.56. The van der Waals surface area contributed by atoms with Crippen LogP contribution in [0.3, 0.4) is 0 Å². The van der Waals surface area contributed by atoms with Gasteiger partial charge in [-0.25, -0.2) is 4.79 Å². The molecule has 0 saturated carbocycles. The van der Waals surface area contributed by atoms with Crippen molar-refractivity contribution in [3.05, 3.63) is 48.8 Å². The van der Waals surface area contributed by atoms with E-state index in [1.54, 1.807) is 0 Å². The zero-order valence-corrected chi connectivity index (χ0v) is 10.2. The lowest BCUT2D eigenvalue weighted by Gasteiger charge is -2.06. The van der Waals surface area contributed by atoms with Gasteiger partial charge in [0.15, 0.2) is 0 Å². The van der Waals surface area contributed by atoms with Gasteiger partial charge in [0.25, 0.3) is 0 Å². The van der Waals surface area contributed by atoms with Gasteiger partial charge in [-0.2, -0.15) is 0 Å². The first-order valence-electron chi connectivity index (χ1n) is 6.19. The standard InChI is InChI=1S/C15H20O2/c1-2-15(16)17-14-12-10-8-6-4-3-5-7-9-11-13-14/h2,4,6,8,10,12H,1,3,5,7,9,11,13H2/b6-4-,10-8-,14-12+. The second-order valence-corrected chi connectivity index (χ2v) is 4.02. The molecule has 1 aliphatic rings. The Kier molecular flexibility index (Phi) is 6.80. The Labute approximate surface area is 103 Å². The smallest absolute Gasteiger partial charge is 0.335 e. The van der Waals surface area contributed by atoms with Gasteiger partial charge in [-0.05, 0) is 25.3 Å². The van der Waals surface area contributed by atoms with E-state index in [1.165, 1.54) is 25.3 Å². The Balaban J connectivity index is 2.61. The molecular weight excluding hydrogens is 212 g/mol. The molecule has 1 aliphatic carbocycles. The van der Waals surface area contributed by atoms with Crippen molar-refractivity contribution in [3.8, 4) is 0 Å². The summed E-state index contributed by atoms with van der Waals surface area (Å²) in [6, 6.07) is 0. The van der Waals surface area contributed by atoms with E-state index in [-0.39, 0.29) is 5.97 Å². The first kappa shape index (κ1) is 13.5. The van der Waals surface area contributed by atoms with Crippen LogP contribution >= 0.6 is 0 Å². The second-order valence-electron chi connectivity index (χ2n) is 4.02. The SMILES string of the molecule is C=CC(=O)O/C1=C/C=C\C=C/CCCCCC1. The molecular formula is C15H20O2. The lowest BCUT2D eigenvalue weighted by Crippen LogP contribution is -2.00. The zero-order valence-electron chi connectivity index (χ0n) is 10.2. The zero-order chi connectivity index (χ0) is 12.3. The van der Waals surface area contributed by atoms with Gasteiger partial charge in [0.1, 0.15) is 5.76 Å². The van der Waals surface area contributed by atoms with E-state index in [9.17, 15) is 4.79 Å². The number of hydrogen-bond acceptors (Lipinski definition) is 2. The maximum Gasteiger partial charge on any atom is 0.335 e. The average Bonchev–Trinajstić information content (AvgIpc) is 2.32. The van der Waals surface area contributed by atoms with Crippen molar-refractivity contribution in [3.63, 3.8) is 0 Å². The molecule has 0 bridgehead atoms. The van der Waals surface area contributed by atoms with Crippen LogP contribution in [0.2, 0.25) is 0 Å². The molecule has 0 fully saturated rings. The minimum Gasteiger partial charge on any atom is -0.428 e. The third-order valence-electron chi connectivity index (χ3n) is 2.58. The quantitative estimate of drug-likeness (QED) is 0.530. The van der Waals surface area contributed by atoms with Gasteiger partial charge in [0, 0.05) is 12.5 Å². The highest BCUT2D eigenvalue weighted by atomic mass is 16.5. The largest absolute Gasteiger partial charge is 0.428 e. The van der Waals surface area contributed by atoms with Crippen molar-refractivity contribution in [2.45, 2.75) is 38.5 Å². The van der Waals surface area contributed by atoms with Crippen LogP contribution in [0.5, 0.6) is 0 Å². The summed E-state index contributed by atoms with van der Waals surface area (Å²) in [5.41, 5.74) is 0. The Morgan fingerprint density at radius 3 is 2.82 bits per heavy atom. The Bertz CT molecular complexity index is 335. The molecule has 17 heavy (non-hydrogen) atoms. The van der Waals surface area contributed by atoms with Crippen LogP contribution in [-0.2, 0) is 9.53 Å². The Hall–Kier alpha value is -1.57. The normalized spacial score (nSPS) is 24.4. The highest BCUT2D eigenvalue weighted by Crippen LogP contribution is 2.14. The molecule has 0 atom stereocenters.